The standard InChI is InChI=1S/C25H36FN7O4/c1-4-20-23(30-17-6-10-36-11-7-17)33-24(21(32-20)22(27)34)31-18-12-16(26)13-19(14-18)37-9-5-8-29-25(35)15(2)28-3/h12-15,17,28H,4-11H2,1-3H3,(H2,27,34)(H,29,35)(H2,30,31,33). The molecule has 1 aromatic heterocycles. The van der Waals surface area contributed by atoms with Crippen molar-refractivity contribution in [1.29, 1.82) is 0 Å². The third kappa shape index (κ3) is 8.25. The summed E-state index contributed by atoms with van der Waals surface area (Å²) in [4.78, 5) is 33.0. The average molecular weight is 518 g/mol. The molecule has 1 saturated heterocycles. The molecule has 202 valence electrons. The molecule has 2 amide bonds. The zero-order valence-electron chi connectivity index (χ0n) is 21.5. The number of carbonyl (C=O) groups excluding carboxylic acids is 2. The number of ether oxygens (including phenoxy) is 2. The number of nitrogens with two attached hydrogens (primary N) is 1. The van der Waals surface area contributed by atoms with Crippen LogP contribution in [0.3, 0.4) is 0 Å². The first-order chi connectivity index (χ1) is 17.8. The Kier molecular flexibility index (Phi) is 10.4. The monoisotopic (exact) mass is 517 g/mol. The third-order valence-electron chi connectivity index (χ3n) is 5.95. The first kappa shape index (κ1) is 28.1. The summed E-state index contributed by atoms with van der Waals surface area (Å²) in [5.74, 6) is -0.426. The van der Waals surface area contributed by atoms with E-state index in [0.717, 1.165) is 12.8 Å². The average Bonchev–Trinajstić information content (AvgIpc) is 2.88. The fourth-order valence-corrected chi connectivity index (χ4v) is 3.74. The minimum atomic E-state index is -0.746. The number of aromatic nitrogens is 2. The van der Waals surface area contributed by atoms with Crippen molar-refractivity contribution in [3.8, 4) is 5.75 Å². The number of hydrogen-bond donors (Lipinski definition) is 5. The second-order valence-corrected chi connectivity index (χ2v) is 8.77. The van der Waals surface area contributed by atoms with Gasteiger partial charge in [0.25, 0.3) is 5.91 Å². The van der Waals surface area contributed by atoms with Crippen LogP contribution in [0.2, 0.25) is 0 Å². The van der Waals surface area contributed by atoms with E-state index < -0.39 is 11.7 Å². The number of nitrogens with one attached hydrogen (secondary N) is 4. The molecule has 1 aliphatic rings. The highest BCUT2D eigenvalue weighted by Crippen LogP contribution is 2.27. The van der Waals surface area contributed by atoms with Gasteiger partial charge < -0.3 is 36.5 Å². The summed E-state index contributed by atoms with van der Waals surface area (Å²) in [6.45, 7) is 5.69. The van der Waals surface area contributed by atoms with Gasteiger partial charge in [-0.25, -0.2) is 14.4 Å². The molecule has 0 saturated carbocycles. The van der Waals surface area contributed by atoms with E-state index in [1.165, 1.54) is 12.1 Å². The van der Waals surface area contributed by atoms with Crippen LogP contribution in [-0.2, 0) is 16.0 Å². The molecule has 6 N–H and O–H groups in total. The van der Waals surface area contributed by atoms with Crippen molar-refractivity contribution < 1.29 is 23.5 Å². The molecule has 1 unspecified atom stereocenters. The number of carbonyl (C=O) groups is 2. The maximum absolute atomic E-state index is 14.4. The van der Waals surface area contributed by atoms with E-state index in [-0.39, 0.29) is 41.9 Å². The van der Waals surface area contributed by atoms with E-state index in [2.05, 4.69) is 31.2 Å². The molecule has 2 aromatic rings. The summed E-state index contributed by atoms with van der Waals surface area (Å²) in [7, 11) is 1.71. The van der Waals surface area contributed by atoms with Crippen LogP contribution in [0.4, 0.5) is 21.7 Å². The minimum absolute atomic E-state index is 0.0346. The first-order valence-electron chi connectivity index (χ1n) is 12.5. The van der Waals surface area contributed by atoms with Gasteiger partial charge in [-0.3, -0.25) is 9.59 Å². The number of likely N-dealkylation sites (N-methyl/N-ethyl adjacent to an activating group) is 1. The summed E-state index contributed by atoms with van der Waals surface area (Å²) in [6.07, 6.45) is 2.74. The van der Waals surface area contributed by atoms with Gasteiger partial charge in [-0.1, -0.05) is 6.92 Å². The van der Waals surface area contributed by atoms with Gasteiger partial charge in [0.1, 0.15) is 11.6 Å². The van der Waals surface area contributed by atoms with Gasteiger partial charge in [-0.15, -0.1) is 0 Å². The Bertz CT molecular complexity index is 1080. The highest BCUT2D eigenvalue weighted by molar-refractivity contribution is 5.96. The van der Waals surface area contributed by atoms with Crippen molar-refractivity contribution in [3.05, 3.63) is 35.4 Å². The van der Waals surface area contributed by atoms with E-state index in [9.17, 15) is 14.0 Å². The lowest BCUT2D eigenvalue weighted by atomic mass is 10.1. The van der Waals surface area contributed by atoms with E-state index in [1.54, 1.807) is 20.0 Å². The van der Waals surface area contributed by atoms with Crippen LogP contribution in [0.1, 0.15) is 49.3 Å². The summed E-state index contributed by atoms with van der Waals surface area (Å²) in [5.41, 5.74) is 6.48. The predicted octanol–water partition coefficient (Wildman–Crippen LogP) is 2.10. The van der Waals surface area contributed by atoms with Crippen LogP contribution in [0, 0.1) is 5.82 Å². The summed E-state index contributed by atoms with van der Waals surface area (Å²) in [5, 5.41) is 12.0. The molecule has 1 fully saturated rings. The molecule has 1 aliphatic heterocycles. The Morgan fingerprint density at radius 2 is 1.97 bits per heavy atom. The van der Waals surface area contributed by atoms with E-state index in [0.29, 0.717) is 49.8 Å². The highest BCUT2D eigenvalue weighted by atomic mass is 19.1. The molecule has 1 aromatic carbocycles. The normalized spacial score (nSPS) is 14.6. The lowest BCUT2D eigenvalue weighted by Gasteiger charge is -2.25. The predicted molar refractivity (Wildman–Crippen MR) is 139 cm³/mol. The number of primary amides is 1. The molecule has 0 aliphatic carbocycles. The van der Waals surface area contributed by atoms with Gasteiger partial charge in [-0.05, 0) is 45.7 Å². The van der Waals surface area contributed by atoms with E-state index in [4.69, 9.17) is 15.2 Å². The zero-order chi connectivity index (χ0) is 26.8. The lowest BCUT2D eigenvalue weighted by molar-refractivity contribution is -0.122. The fraction of sp³-hybridized carbons (Fsp3) is 0.520. The van der Waals surface area contributed by atoms with Crippen LogP contribution < -0.4 is 31.7 Å². The van der Waals surface area contributed by atoms with Gasteiger partial charge in [0.05, 0.1) is 18.3 Å². The zero-order valence-corrected chi connectivity index (χ0v) is 21.5. The van der Waals surface area contributed by atoms with Gasteiger partial charge in [-0.2, -0.15) is 0 Å². The Balaban J connectivity index is 1.71. The quantitative estimate of drug-likeness (QED) is 0.251. The SMILES string of the molecule is CCc1nc(C(N)=O)c(Nc2cc(F)cc(OCCCNC(=O)C(C)NC)c2)nc1NC1CCOCC1. The van der Waals surface area contributed by atoms with Crippen LogP contribution in [-0.4, -0.2) is 67.3 Å². The minimum Gasteiger partial charge on any atom is -0.493 e. The number of nitrogens with zero attached hydrogens (tertiary/aromatic N) is 2. The molecule has 37 heavy (non-hydrogen) atoms. The van der Waals surface area contributed by atoms with Crippen molar-refractivity contribution >= 4 is 29.1 Å². The molecule has 11 nitrogen and oxygen atoms in total. The Morgan fingerprint density at radius 3 is 2.65 bits per heavy atom. The number of anilines is 3. The first-order valence-corrected chi connectivity index (χ1v) is 12.5. The molecule has 2 heterocycles. The summed E-state index contributed by atoms with van der Waals surface area (Å²) >= 11 is 0. The Hall–Kier alpha value is -3.51. The number of aryl methyl sites for hydroxylation is 1. The maximum Gasteiger partial charge on any atom is 0.271 e. The Labute approximate surface area is 216 Å². The molecule has 12 heteroatoms. The topological polar surface area (TPSA) is 153 Å². The fourth-order valence-electron chi connectivity index (χ4n) is 3.74. The third-order valence-corrected chi connectivity index (χ3v) is 5.95. The van der Waals surface area contributed by atoms with Crippen molar-refractivity contribution in [3.63, 3.8) is 0 Å². The van der Waals surface area contributed by atoms with Crippen LogP contribution in [0.5, 0.6) is 5.75 Å². The highest BCUT2D eigenvalue weighted by Gasteiger charge is 2.21. The number of rotatable bonds is 13. The molecule has 1 atom stereocenters. The number of amides is 2. The second-order valence-electron chi connectivity index (χ2n) is 8.77. The smallest absolute Gasteiger partial charge is 0.271 e. The molecular formula is C25H36FN7O4. The van der Waals surface area contributed by atoms with E-state index in [1.807, 2.05) is 6.92 Å². The molecule has 0 bridgehead atoms. The summed E-state index contributed by atoms with van der Waals surface area (Å²) < 4.78 is 25.5. The van der Waals surface area contributed by atoms with Crippen molar-refractivity contribution in [2.75, 3.05) is 44.0 Å². The largest absolute Gasteiger partial charge is 0.493 e. The Morgan fingerprint density at radius 1 is 1.22 bits per heavy atom. The van der Waals surface area contributed by atoms with Gasteiger partial charge in [0.15, 0.2) is 17.3 Å². The van der Waals surface area contributed by atoms with Crippen LogP contribution >= 0.6 is 0 Å². The maximum atomic E-state index is 14.4. The van der Waals surface area contributed by atoms with Crippen molar-refractivity contribution in [2.24, 2.45) is 5.73 Å². The molecular weight excluding hydrogens is 481 g/mol. The molecule has 0 radical (unpaired) electrons. The number of hydrogen-bond acceptors (Lipinski definition) is 9. The number of benzene rings is 1. The lowest BCUT2D eigenvalue weighted by Crippen LogP contribution is -2.40. The van der Waals surface area contributed by atoms with Crippen LogP contribution in [0.25, 0.3) is 0 Å². The molecule has 3 rings (SSSR count). The summed E-state index contributed by atoms with van der Waals surface area (Å²) in [6, 6.07) is 3.99. The second kappa shape index (κ2) is 13.7. The van der Waals surface area contributed by atoms with Gasteiger partial charge >= 0.3 is 0 Å². The van der Waals surface area contributed by atoms with Crippen LogP contribution in [0.15, 0.2) is 18.2 Å². The number of halogens is 1. The van der Waals surface area contributed by atoms with Crippen molar-refractivity contribution in [2.45, 2.75) is 51.6 Å². The van der Waals surface area contributed by atoms with Crippen molar-refractivity contribution in [1.82, 2.24) is 20.6 Å². The van der Waals surface area contributed by atoms with Gasteiger partial charge in [0, 0.05) is 43.6 Å². The van der Waals surface area contributed by atoms with Gasteiger partial charge in [0.2, 0.25) is 5.91 Å². The molecule has 0 spiro atoms. The van der Waals surface area contributed by atoms with E-state index >= 15 is 0 Å².